The Morgan fingerprint density at radius 1 is 1.28 bits per heavy atom. The molecule has 1 aliphatic heterocycles. The normalized spacial score (nSPS) is 18.8. The van der Waals surface area contributed by atoms with E-state index in [1.54, 1.807) is 0 Å². The number of carbonyl (C=O) groups is 2. The smallest absolute Gasteiger partial charge is 0.234 e. The Labute approximate surface area is 106 Å². The molecular weight excluding hydrogens is 230 g/mol. The van der Waals surface area contributed by atoms with Gasteiger partial charge >= 0.3 is 0 Å². The molecule has 1 fully saturated rings. The van der Waals surface area contributed by atoms with Crippen molar-refractivity contribution >= 4 is 11.8 Å². The minimum atomic E-state index is -0.345. The van der Waals surface area contributed by atoms with Crippen LogP contribution in [0.5, 0.6) is 5.75 Å². The maximum absolute atomic E-state index is 11.5. The van der Waals surface area contributed by atoms with Crippen LogP contribution in [-0.4, -0.2) is 18.4 Å². The number of rotatable bonds is 5. The summed E-state index contributed by atoms with van der Waals surface area (Å²) in [4.78, 5) is 22.6. The van der Waals surface area contributed by atoms with Crippen LogP contribution in [0.2, 0.25) is 0 Å². The summed E-state index contributed by atoms with van der Waals surface area (Å²) in [5, 5.41) is 2.31. The third-order valence-corrected chi connectivity index (χ3v) is 3.02. The molecule has 0 bridgehead atoms. The fourth-order valence-electron chi connectivity index (χ4n) is 1.95. The van der Waals surface area contributed by atoms with Crippen molar-refractivity contribution in [1.29, 1.82) is 0 Å². The Hall–Kier alpha value is -1.84. The first-order valence-electron chi connectivity index (χ1n) is 6.27. The summed E-state index contributed by atoms with van der Waals surface area (Å²) in [6.07, 6.45) is 2.37. The van der Waals surface area contributed by atoms with E-state index in [2.05, 4.69) is 12.2 Å². The van der Waals surface area contributed by atoms with E-state index in [0.29, 0.717) is 6.61 Å². The third-order valence-electron chi connectivity index (χ3n) is 3.02. The zero-order chi connectivity index (χ0) is 13.0. The van der Waals surface area contributed by atoms with Crippen LogP contribution >= 0.6 is 0 Å². The van der Waals surface area contributed by atoms with E-state index in [-0.39, 0.29) is 24.2 Å². The molecule has 18 heavy (non-hydrogen) atoms. The minimum absolute atomic E-state index is 0.201. The molecule has 1 saturated heterocycles. The van der Waals surface area contributed by atoms with Crippen LogP contribution in [-0.2, 0) is 9.59 Å². The van der Waals surface area contributed by atoms with Gasteiger partial charge in [0.1, 0.15) is 5.75 Å². The molecule has 4 nitrogen and oxygen atoms in total. The number of unbranched alkanes of at least 4 members (excludes halogenated alkanes) is 1. The molecule has 0 unspecified atom stereocenters. The van der Waals surface area contributed by atoms with Crippen LogP contribution in [0.1, 0.15) is 37.7 Å². The molecule has 2 rings (SSSR count). The van der Waals surface area contributed by atoms with Crippen molar-refractivity contribution in [2.45, 2.75) is 32.1 Å². The summed E-state index contributed by atoms with van der Waals surface area (Å²) in [5.41, 5.74) is 0.862. The van der Waals surface area contributed by atoms with Gasteiger partial charge in [-0.25, -0.2) is 0 Å². The lowest BCUT2D eigenvalue weighted by Crippen LogP contribution is -2.21. The molecule has 0 saturated carbocycles. The van der Waals surface area contributed by atoms with Crippen molar-refractivity contribution in [3.63, 3.8) is 0 Å². The Bertz CT molecular complexity index is 439. The molecule has 1 aromatic carbocycles. The Balaban J connectivity index is 1.99. The number of imide groups is 1. The number of ether oxygens (including phenoxy) is 1. The highest BCUT2D eigenvalue weighted by molar-refractivity contribution is 6.06. The Morgan fingerprint density at radius 2 is 2.00 bits per heavy atom. The second kappa shape index (κ2) is 5.67. The fraction of sp³-hybridized carbons (Fsp3) is 0.429. The number of benzene rings is 1. The van der Waals surface area contributed by atoms with E-state index in [9.17, 15) is 9.59 Å². The van der Waals surface area contributed by atoms with E-state index in [1.165, 1.54) is 0 Å². The highest BCUT2D eigenvalue weighted by Gasteiger charge is 2.31. The van der Waals surface area contributed by atoms with Crippen molar-refractivity contribution < 1.29 is 14.3 Å². The fourth-order valence-corrected chi connectivity index (χ4v) is 1.95. The predicted molar refractivity (Wildman–Crippen MR) is 67.4 cm³/mol. The van der Waals surface area contributed by atoms with Gasteiger partial charge in [0.2, 0.25) is 11.8 Å². The molecule has 0 radical (unpaired) electrons. The highest BCUT2D eigenvalue weighted by Crippen LogP contribution is 2.25. The van der Waals surface area contributed by atoms with Crippen LogP contribution in [0.15, 0.2) is 24.3 Å². The van der Waals surface area contributed by atoms with Gasteiger partial charge in [-0.05, 0) is 24.1 Å². The standard InChI is InChI=1S/C14H17NO3/c1-2-3-8-18-11-6-4-10(5-7-11)12-9-13(16)15-14(12)17/h4-7,12H,2-3,8-9H2,1H3,(H,15,16,17)/t12-/m1/s1. The topological polar surface area (TPSA) is 55.4 Å². The lowest BCUT2D eigenvalue weighted by atomic mass is 9.98. The summed E-state index contributed by atoms with van der Waals surface area (Å²) in [6.45, 7) is 2.82. The Kier molecular flexibility index (Phi) is 3.97. The van der Waals surface area contributed by atoms with Crippen LogP contribution in [0, 0.1) is 0 Å². The number of amides is 2. The van der Waals surface area contributed by atoms with Crippen LogP contribution in [0.25, 0.3) is 0 Å². The average molecular weight is 247 g/mol. The second-order valence-electron chi connectivity index (χ2n) is 4.44. The molecule has 1 atom stereocenters. The van der Waals surface area contributed by atoms with Gasteiger partial charge in [-0.3, -0.25) is 14.9 Å². The largest absolute Gasteiger partial charge is 0.494 e. The molecule has 4 heteroatoms. The number of hydrogen-bond acceptors (Lipinski definition) is 3. The van der Waals surface area contributed by atoms with Crippen molar-refractivity contribution in [3.05, 3.63) is 29.8 Å². The van der Waals surface area contributed by atoms with Gasteiger partial charge in [0.25, 0.3) is 0 Å². The first-order valence-corrected chi connectivity index (χ1v) is 6.27. The van der Waals surface area contributed by atoms with Gasteiger partial charge in [-0.2, -0.15) is 0 Å². The molecule has 0 spiro atoms. The van der Waals surface area contributed by atoms with Crippen LogP contribution in [0.3, 0.4) is 0 Å². The highest BCUT2D eigenvalue weighted by atomic mass is 16.5. The first kappa shape index (κ1) is 12.6. The molecule has 1 N–H and O–H groups in total. The summed E-state index contributed by atoms with van der Waals surface area (Å²) in [5.74, 6) is 0.0482. The minimum Gasteiger partial charge on any atom is -0.494 e. The maximum atomic E-state index is 11.5. The summed E-state index contributed by atoms with van der Waals surface area (Å²) >= 11 is 0. The van der Waals surface area contributed by atoms with Crippen molar-refractivity contribution in [3.8, 4) is 5.75 Å². The molecule has 2 amide bonds. The van der Waals surface area contributed by atoms with E-state index >= 15 is 0 Å². The Morgan fingerprint density at radius 3 is 2.56 bits per heavy atom. The van der Waals surface area contributed by atoms with Gasteiger partial charge in [0.05, 0.1) is 12.5 Å². The van der Waals surface area contributed by atoms with E-state index in [0.717, 1.165) is 24.2 Å². The van der Waals surface area contributed by atoms with Gasteiger partial charge in [0, 0.05) is 6.42 Å². The molecule has 96 valence electrons. The number of hydrogen-bond donors (Lipinski definition) is 1. The van der Waals surface area contributed by atoms with E-state index in [4.69, 9.17) is 4.74 Å². The van der Waals surface area contributed by atoms with Crippen LogP contribution in [0.4, 0.5) is 0 Å². The third kappa shape index (κ3) is 2.88. The first-order chi connectivity index (χ1) is 8.70. The van der Waals surface area contributed by atoms with E-state index in [1.807, 2.05) is 24.3 Å². The van der Waals surface area contributed by atoms with Crippen molar-refractivity contribution in [2.24, 2.45) is 0 Å². The molecule has 1 heterocycles. The number of carbonyl (C=O) groups excluding carboxylic acids is 2. The quantitative estimate of drug-likeness (QED) is 0.639. The van der Waals surface area contributed by atoms with Gasteiger partial charge in [-0.15, -0.1) is 0 Å². The lowest BCUT2D eigenvalue weighted by molar-refractivity contribution is -0.125. The lowest BCUT2D eigenvalue weighted by Gasteiger charge is -2.09. The molecule has 1 aromatic rings. The van der Waals surface area contributed by atoms with Gasteiger partial charge in [-0.1, -0.05) is 25.5 Å². The SMILES string of the molecule is CCCCOc1ccc([C@H]2CC(=O)NC2=O)cc1. The molecule has 0 aromatic heterocycles. The average Bonchev–Trinajstić information content (AvgIpc) is 2.70. The zero-order valence-corrected chi connectivity index (χ0v) is 10.4. The zero-order valence-electron chi connectivity index (χ0n) is 10.4. The molecule has 1 aliphatic rings. The maximum Gasteiger partial charge on any atom is 0.234 e. The van der Waals surface area contributed by atoms with Gasteiger partial charge < -0.3 is 4.74 Å². The summed E-state index contributed by atoms with van der Waals surface area (Å²) in [7, 11) is 0. The van der Waals surface area contributed by atoms with Gasteiger partial charge in [0.15, 0.2) is 0 Å². The second-order valence-corrected chi connectivity index (χ2v) is 4.44. The van der Waals surface area contributed by atoms with E-state index < -0.39 is 0 Å². The summed E-state index contributed by atoms with van der Waals surface area (Å²) in [6, 6.07) is 7.40. The van der Waals surface area contributed by atoms with Crippen molar-refractivity contribution in [2.75, 3.05) is 6.61 Å². The predicted octanol–water partition coefficient (Wildman–Crippen LogP) is 2.00. The molecule has 0 aliphatic carbocycles. The van der Waals surface area contributed by atoms with Crippen LogP contribution < -0.4 is 10.1 Å². The summed E-state index contributed by atoms with van der Waals surface area (Å²) < 4.78 is 5.54. The monoisotopic (exact) mass is 247 g/mol. The van der Waals surface area contributed by atoms with Crippen molar-refractivity contribution in [1.82, 2.24) is 5.32 Å². The molecular formula is C14H17NO3. The number of nitrogens with one attached hydrogen (secondary N) is 1.